The normalized spacial score (nSPS) is 26.9. The second-order valence-corrected chi connectivity index (χ2v) is 6.22. The van der Waals surface area contributed by atoms with Crippen molar-refractivity contribution in [2.75, 3.05) is 20.8 Å². The highest BCUT2D eigenvalue weighted by atomic mass is 16.7. The molecule has 1 fully saturated rings. The van der Waals surface area contributed by atoms with Crippen LogP contribution >= 0.6 is 0 Å². The van der Waals surface area contributed by atoms with Crippen molar-refractivity contribution in [3.63, 3.8) is 0 Å². The highest BCUT2D eigenvalue weighted by molar-refractivity contribution is 5.94. The monoisotopic (exact) mass is 395 g/mol. The van der Waals surface area contributed by atoms with Gasteiger partial charge in [0, 0.05) is 33.6 Å². The van der Waals surface area contributed by atoms with E-state index in [2.05, 4.69) is 5.32 Å². The van der Waals surface area contributed by atoms with E-state index in [1.165, 1.54) is 28.1 Å². The summed E-state index contributed by atoms with van der Waals surface area (Å²) in [6.45, 7) is 2.34. The zero-order chi connectivity index (χ0) is 20.7. The molecular weight excluding hydrogens is 370 g/mol. The van der Waals surface area contributed by atoms with Crippen molar-refractivity contribution in [2.24, 2.45) is 0 Å². The zero-order valence-electron chi connectivity index (χ0n) is 16.2. The number of hydrogen-bond donors (Lipinski definition) is 1. The predicted octanol–water partition coefficient (Wildman–Crippen LogP) is 0.666. The maximum atomic E-state index is 12.6. The Bertz CT molecular complexity index is 680. The second-order valence-electron chi connectivity index (χ2n) is 6.22. The van der Waals surface area contributed by atoms with E-state index in [-0.39, 0.29) is 12.5 Å². The van der Waals surface area contributed by atoms with Gasteiger partial charge in [0.1, 0.15) is 24.9 Å². The van der Waals surface area contributed by atoms with Gasteiger partial charge in [-0.1, -0.05) is 18.2 Å². The van der Waals surface area contributed by atoms with Crippen molar-refractivity contribution in [3.8, 4) is 0 Å². The van der Waals surface area contributed by atoms with Crippen molar-refractivity contribution in [2.45, 2.75) is 44.5 Å². The van der Waals surface area contributed by atoms with E-state index in [4.69, 9.17) is 23.7 Å². The minimum Gasteiger partial charge on any atom is -0.463 e. The fourth-order valence-corrected chi connectivity index (χ4v) is 3.03. The summed E-state index contributed by atoms with van der Waals surface area (Å²) in [6, 6.07) is 7.83. The Kier molecular flexibility index (Phi) is 7.91. The van der Waals surface area contributed by atoms with Crippen LogP contribution in [0.2, 0.25) is 0 Å². The Morgan fingerprint density at radius 1 is 1.00 bits per heavy atom. The number of carbonyl (C=O) groups excluding carboxylic acids is 3. The molecule has 0 aromatic heterocycles. The van der Waals surface area contributed by atoms with Crippen LogP contribution < -0.4 is 5.32 Å². The highest BCUT2D eigenvalue weighted by Crippen LogP contribution is 2.27. The molecule has 1 aliphatic heterocycles. The molecule has 1 aromatic carbocycles. The summed E-state index contributed by atoms with van der Waals surface area (Å²) in [6.07, 6.45) is -3.46. The molecule has 5 atom stereocenters. The van der Waals surface area contributed by atoms with Crippen LogP contribution in [0.25, 0.3) is 0 Å². The smallest absolute Gasteiger partial charge is 0.303 e. The number of rotatable bonds is 7. The lowest BCUT2D eigenvalue weighted by Gasteiger charge is -2.44. The number of esters is 2. The van der Waals surface area contributed by atoms with Crippen LogP contribution in [-0.2, 0) is 33.3 Å². The average Bonchev–Trinajstić information content (AvgIpc) is 2.67. The zero-order valence-corrected chi connectivity index (χ0v) is 16.2. The van der Waals surface area contributed by atoms with Gasteiger partial charge in [-0.15, -0.1) is 0 Å². The topological polar surface area (TPSA) is 109 Å². The molecule has 28 heavy (non-hydrogen) atoms. The first-order valence-corrected chi connectivity index (χ1v) is 8.75. The van der Waals surface area contributed by atoms with E-state index < -0.39 is 42.6 Å². The quantitative estimate of drug-likeness (QED) is 0.671. The number of ether oxygens (including phenoxy) is 5. The molecule has 1 N–H and O–H groups in total. The van der Waals surface area contributed by atoms with Crippen molar-refractivity contribution in [3.05, 3.63) is 35.9 Å². The lowest BCUT2D eigenvalue weighted by atomic mass is 9.96. The molecule has 9 nitrogen and oxygen atoms in total. The summed E-state index contributed by atoms with van der Waals surface area (Å²) < 4.78 is 27.1. The Balaban J connectivity index is 2.26. The van der Waals surface area contributed by atoms with Crippen LogP contribution in [0.5, 0.6) is 0 Å². The SMILES string of the molecule is CO[C@@H]1O[C@H](COC(C)=O)[C@H](OC(C)=O)[C@H](OC)[C@H]1NC(=O)c1ccccc1. The van der Waals surface area contributed by atoms with Crippen LogP contribution in [0.1, 0.15) is 24.2 Å². The molecule has 154 valence electrons. The molecule has 1 amide bonds. The van der Waals surface area contributed by atoms with Gasteiger partial charge in [-0.05, 0) is 12.1 Å². The molecule has 1 aliphatic rings. The molecule has 0 saturated carbocycles. The third kappa shape index (κ3) is 5.51. The number of carbonyl (C=O) groups is 3. The third-order valence-corrected chi connectivity index (χ3v) is 4.24. The summed E-state index contributed by atoms with van der Waals surface area (Å²) in [5.41, 5.74) is 0.443. The molecule has 0 bridgehead atoms. The summed E-state index contributed by atoms with van der Waals surface area (Å²) in [7, 11) is 2.83. The van der Waals surface area contributed by atoms with Gasteiger partial charge in [0.2, 0.25) is 0 Å². The van der Waals surface area contributed by atoms with Crippen LogP contribution in [0.15, 0.2) is 30.3 Å². The molecule has 2 rings (SSSR count). The van der Waals surface area contributed by atoms with Crippen molar-refractivity contribution in [1.29, 1.82) is 0 Å². The number of amides is 1. The van der Waals surface area contributed by atoms with Crippen molar-refractivity contribution in [1.82, 2.24) is 5.32 Å². The van der Waals surface area contributed by atoms with E-state index in [1.807, 2.05) is 0 Å². The second kappa shape index (κ2) is 10.2. The number of nitrogens with one attached hydrogen (secondary N) is 1. The fraction of sp³-hybridized carbons (Fsp3) is 0.526. The number of benzene rings is 1. The summed E-state index contributed by atoms with van der Waals surface area (Å²) in [5.74, 6) is -1.43. The first-order valence-electron chi connectivity index (χ1n) is 8.75. The van der Waals surface area contributed by atoms with Gasteiger partial charge in [0.15, 0.2) is 12.4 Å². The van der Waals surface area contributed by atoms with E-state index in [9.17, 15) is 14.4 Å². The average molecular weight is 395 g/mol. The minimum atomic E-state index is -0.922. The molecule has 1 heterocycles. The van der Waals surface area contributed by atoms with E-state index >= 15 is 0 Å². The van der Waals surface area contributed by atoms with Crippen LogP contribution in [0, 0.1) is 0 Å². The van der Waals surface area contributed by atoms with Gasteiger partial charge in [-0.3, -0.25) is 14.4 Å². The molecule has 0 radical (unpaired) electrons. The maximum Gasteiger partial charge on any atom is 0.303 e. The molecule has 9 heteroatoms. The first kappa shape index (κ1) is 21.8. The largest absolute Gasteiger partial charge is 0.463 e. The summed E-state index contributed by atoms with van der Waals surface area (Å²) in [5, 5.41) is 2.81. The summed E-state index contributed by atoms with van der Waals surface area (Å²) >= 11 is 0. The molecule has 0 spiro atoms. The molecular formula is C19H25NO8. The molecule has 1 aromatic rings. The van der Waals surface area contributed by atoms with Crippen molar-refractivity contribution < 1.29 is 38.1 Å². The molecule has 0 unspecified atom stereocenters. The van der Waals surface area contributed by atoms with E-state index in [0.29, 0.717) is 5.56 Å². The Hall–Kier alpha value is -2.49. The van der Waals surface area contributed by atoms with E-state index in [0.717, 1.165) is 0 Å². The Morgan fingerprint density at radius 3 is 2.21 bits per heavy atom. The van der Waals surface area contributed by atoms with Gasteiger partial charge < -0.3 is 29.0 Å². The number of hydrogen-bond acceptors (Lipinski definition) is 8. The highest BCUT2D eigenvalue weighted by Gasteiger charge is 2.49. The predicted molar refractivity (Wildman–Crippen MR) is 96.4 cm³/mol. The molecule has 1 saturated heterocycles. The first-order chi connectivity index (χ1) is 13.4. The van der Waals surface area contributed by atoms with Gasteiger partial charge in [-0.2, -0.15) is 0 Å². The standard InChI is InChI=1S/C19H25NO8/c1-11(21)26-10-14-16(27-12(2)22)17(24-3)15(19(25-4)28-14)20-18(23)13-8-6-5-7-9-13/h5-9,14-17,19H,10H2,1-4H3,(H,20,23)/t14-,15-,16+,17-,19-/m1/s1. The fourth-order valence-electron chi connectivity index (χ4n) is 3.03. The Labute approximate surface area is 163 Å². The maximum absolute atomic E-state index is 12.6. The third-order valence-electron chi connectivity index (χ3n) is 4.24. The lowest BCUT2D eigenvalue weighted by Crippen LogP contribution is -2.66. The van der Waals surface area contributed by atoms with Gasteiger partial charge in [0.05, 0.1) is 0 Å². The lowest BCUT2D eigenvalue weighted by molar-refractivity contribution is -0.271. The van der Waals surface area contributed by atoms with Gasteiger partial charge in [-0.25, -0.2) is 0 Å². The Morgan fingerprint density at radius 2 is 1.68 bits per heavy atom. The van der Waals surface area contributed by atoms with Crippen molar-refractivity contribution >= 4 is 17.8 Å². The van der Waals surface area contributed by atoms with Gasteiger partial charge >= 0.3 is 11.9 Å². The van der Waals surface area contributed by atoms with Crippen LogP contribution in [0.3, 0.4) is 0 Å². The van der Waals surface area contributed by atoms with Gasteiger partial charge in [0.25, 0.3) is 5.91 Å². The minimum absolute atomic E-state index is 0.160. The summed E-state index contributed by atoms with van der Waals surface area (Å²) in [4.78, 5) is 35.4. The molecule has 0 aliphatic carbocycles. The van der Waals surface area contributed by atoms with Crippen LogP contribution in [-0.4, -0.2) is 69.3 Å². The van der Waals surface area contributed by atoms with Crippen LogP contribution in [0.4, 0.5) is 0 Å². The van der Waals surface area contributed by atoms with E-state index in [1.54, 1.807) is 30.3 Å². The number of methoxy groups -OCH3 is 2.